The first kappa shape index (κ1) is 27.8. The van der Waals surface area contributed by atoms with Crippen LogP contribution in [0.4, 0.5) is 32.6 Å². The molecule has 1 amide bonds. The van der Waals surface area contributed by atoms with E-state index in [1.54, 1.807) is 24.0 Å². The number of aliphatic imine (C=N–C) groups is 2. The topological polar surface area (TPSA) is 104 Å². The van der Waals surface area contributed by atoms with Crippen LogP contribution >= 0.6 is 11.5 Å². The van der Waals surface area contributed by atoms with Crippen molar-refractivity contribution in [3.05, 3.63) is 29.6 Å². The third-order valence-electron chi connectivity index (χ3n) is 5.98. The Hall–Kier alpha value is -3.20. The van der Waals surface area contributed by atoms with E-state index in [9.17, 15) is 26.7 Å². The van der Waals surface area contributed by atoms with Gasteiger partial charge in [0.2, 0.25) is 5.88 Å². The molecule has 0 radical (unpaired) electrons. The molecular weight excluding hydrogens is 533 g/mol. The lowest BCUT2D eigenvalue weighted by Gasteiger charge is -2.32. The molecule has 206 valence electrons. The molecule has 2 N–H and O–H groups in total. The maximum absolute atomic E-state index is 12.9. The van der Waals surface area contributed by atoms with Crippen LogP contribution in [0.25, 0.3) is 0 Å². The van der Waals surface area contributed by atoms with E-state index in [0.717, 1.165) is 30.6 Å². The number of aryl methyl sites for hydroxylation is 1. The highest BCUT2D eigenvalue weighted by molar-refractivity contribution is 7.11. The summed E-state index contributed by atoms with van der Waals surface area (Å²) >= 11 is 0.973. The first-order valence-electron chi connectivity index (χ1n) is 11.9. The third kappa shape index (κ3) is 7.43. The van der Waals surface area contributed by atoms with Gasteiger partial charge in [0.25, 0.3) is 12.3 Å². The van der Waals surface area contributed by atoms with Gasteiger partial charge < -0.3 is 15.4 Å². The largest absolute Gasteiger partial charge is 0.477 e. The molecule has 2 unspecified atom stereocenters. The first-order valence-corrected chi connectivity index (χ1v) is 12.6. The smallest absolute Gasteiger partial charge is 0.412 e. The number of nitrogens with one attached hydrogen (secondary N) is 2. The van der Waals surface area contributed by atoms with Gasteiger partial charge in [-0.05, 0) is 43.9 Å². The van der Waals surface area contributed by atoms with Crippen molar-refractivity contribution < 1.29 is 31.5 Å². The predicted octanol–water partition coefficient (Wildman–Crippen LogP) is 4.28. The summed E-state index contributed by atoms with van der Waals surface area (Å²) in [5.41, 5.74) is 1.04. The Morgan fingerprint density at radius 2 is 2.13 bits per heavy atom. The second kappa shape index (κ2) is 12.1. The number of piperidine rings is 1. The molecule has 38 heavy (non-hydrogen) atoms. The molecular formula is C23H26F5N7O2S. The number of nitrogens with zero attached hydrogens (tertiary/aromatic N) is 5. The first-order chi connectivity index (χ1) is 18.1. The zero-order valence-corrected chi connectivity index (χ0v) is 21.2. The van der Waals surface area contributed by atoms with Crippen LogP contribution in [-0.4, -0.2) is 83.6 Å². The van der Waals surface area contributed by atoms with Crippen molar-refractivity contribution in [1.29, 1.82) is 0 Å². The number of rotatable bonds is 8. The molecule has 2 aromatic rings. The molecule has 2 aliphatic heterocycles. The Morgan fingerprint density at radius 3 is 2.79 bits per heavy atom. The summed E-state index contributed by atoms with van der Waals surface area (Å²) in [5, 5.41) is 5.86. The van der Waals surface area contributed by atoms with Crippen molar-refractivity contribution in [3.8, 4) is 5.88 Å². The van der Waals surface area contributed by atoms with Crippen molar-refractivity contribution in [2.75, 3.05) is 43.4 Å². The lowest BCUT2D eigenvalue weighted by Crippen LogP contribution is -2.40. The highest BCUT2D eigenvalue weighted by Crippen LogP contribution is 2.28. The molecule has 15 heteroatoms. The van der Waals surface area contributed by atoms with Crippen LogP contribution < -0.4 is 15.4 Å². The van der Waals surface area contributed by atoms with Gasteiger partial charge in [0.05, 0.1) is 49.1 Å². The summed E-state index contributed by atoms with van der Waals surface area (Å²) in [6, 6.07) is 1.32. The zero-order valence-electron chi connectivity index (χ0n) is 20.3. The summed E-state index contributed by atoms with van der Waals surface area (Å²) in [6.07, 6.45) is -2.69. The number of halogens is 5. The number of hydrogen-bond acceptors (Lipinski definition) is 9. The van der Waals surface area contributed by atoms with Crippen molar-refractivity contribution >= 4 is 40.2 Å². The van der Waals surface area contributed by atoms with Crippen LogP contribution in [0.3, 0.4) is 0 Å². The number of alkyl halides is 5. The minimum absolute atomic E-state index is 0.0988. The Bertz CT molecular complexity index is 1170. The number of amides is 1. The molecule has 9 nitrogen and oxygen atoms in total. The number of amidine groups is 1. The second-order valence-electron chi connectivity index (χ2n) is 8.97. The van der Waals surface area contributed by atoms with Crippen molar-refractivity contribution in [3.63, 3.8) is 0 Å². The molecule has 2 aromatic heterocycles. The number of likely N-dealkylation sites (tertiary alicyclic amines) is 1. The van der Waals surface area contributed by atoms with Gasteiger partial charge in [-0.25, -0.2) is 13.8 Å². The van der Waals surface area contributed by atoms with E-state index in [1.165, 1.54) is 6.20 Å². The van der Waals surface area contributed by atoms with Gasteiger partial charge in [0.15, 0.2) is 6.04 Å². The van der Waals surface area contributed by atoms with Gasteiger partial charge in [0.1, 0.15) is 10.8 Å². The monoisotopic (exact) mass is 559 g/mol. The van der Waals surface area contributed by atoms with Gasteiger partial charge in [-0.1, -0.05) is 0 Å². The van der Waals surface area contributed by atoms with Crippen LogP contribution in [0, 0.1) is 12.8 Å². The average Bonchev–Trinajstić information content (AvgIpc) is 3.23. The number of hydrogen-bond donors (Lipinski definition) is 2. The molecule has 0 aromatic carbocycles. The molecule has 1 saturated heterocycles. The van der Waals surface area contributed by atoms with Crippen molar-refractivity contribution in [2.45, 2.75) is 38.4 Å². The molecule has 0 saturated carbocycles. The molecule has 4 heterocycles. The third-order valence-corrected chi connectivity index (χ3v) is 6.83. The van der Waals surface area contributed by atoms with Crippen LogP contribution in [0.1, 0.15) is 28.9 Å². The van der Waals surface area contributed by atoms with E-state index in [1.807, 2.05) is 0 Å². The summed E-state index contributed by atoms with van der Waals surface area (Å²) < 4.78 is 73.5. The second-order valence-corrected chi connectivity index (χ2v) is 9.74. The fraction of sp³-hybridized carbons (Fsp3) is 0.522. The molecule has 0 bridgehead atoms. The fourth-order valence-corrected chi connectivity index (χ4v) is 4.92. The van der Waals surface area contributed by atoms with Crippen LogP contribution in [0.2, 0.25) is 0 Å². The SMILES string of the molecule is Cc1nsc(NC2=NCC(C(F)(F)F)N=C2)c1C(=O)Nc1ccc(OCC2CCCN(CC(F)F)C2)nc1. The number of carbonyl (C=O) groups excluding carboxylic acids is 1. The highest BCUT2D eigenvalue weighted by atomic mass is 32.1. The van der Waals surface area contributed by atoms with Crippen molar-refractivity contribution in [1.82, 2.24) is 14.3 Å². The number of pyridine rings is 1. The minimum atomic E-state index is -4.47. The highest BCUT2D eigenvalue weighted by Gasteiger charge is 2.40. The van der Waals surface area contributed by atoms with E-state index < -0.39 is 31.1 Å². The lowest BCUT2D eigenvalue weighted by molar-refractivity contribution is -0.144. The Kier molecular flexibility index (Phi) is 8.87. The van der Waals surface area contributed by atoms with Crippen LogP contribution in [0.5, 0.6) is 5.88 Å². The Balaban J connectivity index is 1.31. The molecule has 0 spiro atoms. The summed E-state index contributed by atoms with van der Waals surface area (Å²) in [5.74, 6) is 0.0806. The molecule has 4 rings (SSSR count). The molecule has 2 atom stereocenters. The molecule has 1 fully saturated rings. The van der Waals surface area contributed by atoms with E-state index in [4.69, 9.17) is 4.74 Å². The predicted molar refractivity (Wildman–Crippen MR) is 134 cm³/mol. The summed E-state index contributed by atoms with van der Waals surface area (Å²) in [4.78, 5) is 26.2. The molecule has 0 aliphatic carbocycles. The molecule has 2 aliphatic rings. The van der Waals surface area contributed by atoms with Gasteiger partial charge in [-0.3, -0.25) is 19.7 Å². The van der Waals surface area contributed by atoms with E-state index in [2.05, 4.69) is 30.0 Å². The maximum atomic E-state index is 12.9. The Morgan fingerprint density at radius 1 is 1.32 bits per heavy atom. The van der Waals surface area contributed by atoms with E-state index in [0.29, 0.717) is 42.0 Å². The Labute approximate surface area is 219 Å². The lowest BCUT2D eigenvalue weighted by atomic mass is 9.99. The fourth-order valence-electron chi connectivity index (χ4n) is 4.12. The number of aromatic nitrogens is 2. The minimum Gasteiger partial charge on any atom is -0.477 e. The van der Waals surface area contributed by atoms with Gasteiger partial charge in [0, 0.05) is 18.5 Å². The standard InChI is InChI=1S/C23H26F5N7O2S/c1-13-20(22(38-34-13)33-18-9-29-16(8-30-18)23(26,27)28)21(36)32-15-4-5-19(31-7-15)37-12-14-3-2-6-35(10-14)11-17(24)25/h4-5,7,9,14,16-17H,2-3,6,8,10-12H2,1H3,(H,30,33)(H,32,36). The van der Waals surface area contributed by atoms with Crippen LogP contribution in [0.15, 0.2) is 28.3 Å². The number of anilines is 2. The number of carbonyl (C=O) groups is 1. The quantitative estimate of drug-likeness (QED) is 0.468. The van der Waals surface area contributed by atoms with Crippen LogP contribution in [-0.2, 0) is 0 Å². The van der Waals surface area contributed by atoms with Gasteiger partial charge in [-0.15, -0.1) is 0 Å². The van der Waals surface area contributed by atoms with Gasteiger partial charge in [-0.2, -0.15) is 17.5 Å². The van der Waals surface area contributed by atoms with E-state index >= 15 is 0 Å². The van der Waals surface area contributed by atoms with Gasteiger partial charge >= 0.3 is 6.18 Å². The van der Waals surface area contributed by atoms with E-state index in [-0.39, 0.29) is 23.9 Å². The normalized spacial score (nSPS) is 20.3. The maximum Gasteiger partial charge on any atom is 0.412 e. The summed E-state index contributed by atoms with van der Waals surface area (Å²) in [7, 11) is 0. The number of ether oxygens (including phenoxy) is 1. The zero-order chi connectivity index (χ0) is 27.3. The average molecular weight is 560 g/mol. The summed E-state index contributed by atoms with van der Waals surface area (Å²) in [6.45, 7) is 2.41. The van der Waals surface area contributed by atoms with Crippen molar-refractivity contribution in [2.24, 2.45) is 15.9 Å².